The first kappa shape index (κ1) is 14.4. The van der Waals surface area contributed by atoms with E-state index in [0.29, 0.717) is 16.9 Å². The molecule has 3 N–H and O–H groups in total. The zero-order valence-corrected chi connectivity index (χ0v) is 10.7. The molecule has 5 heteroatoms. The van der Waals surface area contributed by atoms with E-state index >= 15 is 0 Å². The summed E-state index contributed by atoms with van der Waals surface area (Å²) >= 11 is 1.29. The van der Waals surface area contributed by atoms with Crippen molar-refractivity contribution in [3.8, 4) is 0 Å². The van der Waals surface area contributed by atoms with E-state index in [1.165, 1.54) is 17.8 Å². The summed E-state index contributed by atoms with van der Waals surface area (Å²) in [6.45, 7) is 2.90. The minimum absolute atomic E-state index is 0.307. The lowest BCUT2D eigenvalue weighted by molar-refractivity contribution is 0.113. The molecule has 3 nitrogen and oxygen atoms in total. The third-order valence-corrected chi connectivity index (χ3v) is 3.60. The maximum atomic E-state index is 13.4. The maximum Gasteiger partial charge on any atom is 0.126 e. The average Bonchev–Trinajstić information content (AvgIpc) is 2.29. The van der Waals surface area contributed by atoms with Gasteiger partial charge >= 0.3 is 0 Å². The molecular formula is C12H17FO3S. The largest absolute Gasteiger partial charge is 0.394 e. The molecule has 0 spiro atoms. The Morgan fingerprint density at radius 2 is 2.00 bits per heavy atom. The molecule has 0 heterocycles. The Morgan fingerprint density at radius 1 is 1.35 bits per heavy atom. The Balaban J connectivity index is 2.92. The molecule has 0 saturated carbocycles. The Morgan fingerprint density at radius 3 is 2.53 bits per heavy atom. The minimum Gasteiger partial charge on any atom is -0.394 e. The fourth-order valence-corrected chi connectivity index (χ4v) is 2.49. The fourth-order valence-electron chi connectivity index (χ4n) is 1.36. The Bertz CT molecular complexity index is 382. The smallest absolute Gasteiger partial charge is 0.126 e. The van der Waals surface area contributed by atoms with Gasteiger partial charge in [-0.3, -0.25) is 0 Å². The van der Waals surface area contributed by atoms with Gasteiger partial charge in [0.15, 0.2) is 0 Å². The molecule has 1 aromatic rings. The van der Waals surface area contributed by atoms with Gasteiger partial charge in [-0.2, -0.15) is 0 Å². The van der Waals surface area contributed by atoms with E-state index in [0.717, 1.165) is 4.90 Å². The number of aryl methyl sites for hydroxylation is 1. The highest BCUT2D eigenvalue weighted by Gasteiger charge is 2.13. The molecule has 2 atom stereocenters. The highest BCUT2D eigenvalue weighted by Crippen LogP contribution is 2.30. The number of hydrogen-bond acceptors (Lipinski definition) is 4. The summed E-state index contributed by atoms with van der Waals surface area (Å²) in [4.78, 5) is 0.728. The second-order valence-electron chi connectivity index (χ2n) is 3.96. The molecule has 0 amide bonds. The van der Waals surface area contributed by atoms with Crippen molar-refractivity contribution >= 4 is 11.8 Å². The van der Waals surface area contributed by atoms with Crippen LogP contribution in [0, 0.1) is 12.7 Å². The number of aliphatic hydroxyl groups is 3. The number of hydrogen-bond donors (Lipinski definition) is 3. The van der Waals surface area contributed by atoms with Crippen molar-refractivity contribution < 1.29 is 19.7 Å². The molecule has 0 aliphatic rings. The second kappa shape index (κ2) is 6.35. The van der Waals surface area contributed by atoms with Gasteiger partial charge in [-0.25, -0.2) is 4.39 Å². The van der Waals surface area contributed by atoms with Crippen LogP contribution in [0.2, 0.25) is 0 Å². The molecule has 17 heavy (non-hydrogen) atoms. The summed E-state index contributed by atoms with van der Waals surface area (Å²) in [6.07, 6.45) is -1.58. The third kappa shape index (κ3) is 3.96. The highest BCUT2D eigenvalue weighted by molar-refractivity contribution is 7.99. The predicted octanol–water partition coefficient (Wildman–Crippen LogP) is 1.63. The maximum absolute atomic E-state index is 13.4. The topological polar surface area (TPSA) is 60.7 Å². The van der Waals surface area contributed by atoms with E-state index in [-0.39, 0.29) is 12.4 Å². The summed E-state index contributed by atoms with van der Waals surface area (Å²) in [6, 6.07) is 2.96. The molecular weight excluding hydrogens is 243 g/mol. The van der Waals surface area contributed by atoms with Gasteiger partial charge in [0.25, 0.3) is 0 Å². The van der Waals surface area contributed by atoms with E-state index in [2.05, 4.69) is 0 Å². The lowest BCUT2D eigenvalue weighted by Gasteiger charge is -2.14. The van der Waals surface area contributed by atoms with Crippen LogP contribution in [0.25, 0.3) is 0 Å². The quantitative estimate of drug-likeness (QED) is 0.704. The molecule has 0 fully saturated rings. The van der Waals surface area contributed by atoms with Crippen LogP contribution in [0.4, 0.5) is 4.39 Å². The van der Waals surface area contributed by atoms with Gasteiger partial charge in [0, 0.05) is 10.6 Å². The van der Waals surface area contributed by atoms with E-state index in [1.807, 2.05) is 0 Å². The van der Waals surface area contributed by atoms with E-state index in [1.54, 1.807) is 19.9 Å². The van der Waals surface area contributed by atoms with Crippen molar-refractivity contribution in [3.05, 3.63) is 29.1 Å². The van der Waals surface area contributed by atoms with Crippen LogP contribution < -0.4 is 0 Å². The SMILES string of the molecule is Cc1cc(SCC(O)CO)c([C@@H](C)O)cc1F. The monoisotopic (exact) mass is 260 g/mol. The minimum atomic E-state index is -0.813. The van der Waals surface area contributed by atoms with Crippen molar-refractivity contribution in [3.63, 3.8) is 0 Å². The number of benzene rings is 1. The lowest BCUT2D eigenvalue weighted by Crippen LogP contribution is -2.14. The van der Waals surface area contributed by atoms with E-state index < -0.39 is 12.2 Å². The summed E-state index contributed by atoms with van der Waals surface area (Å²) in [7, 11) is 0. The van der Waals surface area contributed by atoms with Crippen LogP contribution in [0.5, 0.6) is 0 Å². The van der Waals surface area contributed by atoms with Crippen LogP contribution >= 0.6 is 11.8 Å². The van der Waals surface area contributed by atoms with Crippen LogP contribution in [0.1, 0.15) is 24.2 Å². The van der Waals surface area contributed by atoms with Crippen LogP contribution in [0.15, 0.2) is 17.0 Å². The number of halogens is 1. The molecule has 0 aliphatic carbocycles. The van der Waals surface area contributed by atoms with Gasteiger partial charge < -0.3 is 15.3 Å². The Kier molecular flexibility index (Phi) is 5.39. The predicted molar refractivity (Wildman–Crippen MR) is 65.6 cm³/mol. The average molecular weight is 260 g/mol. The number of rotatable bonds is 5. The van der Waals surface area contributed by atoms with Gasteiger partial charge in [-0.05, 0) is 37.1 Å². The van der Waals surface area contributed by atoms with E-state index in [4.69, 9.17) is 5.11 Å². The molecule has 1 unspecified atom stereocenters. The van der Waals surface area contributed by atoms with E-state index in [9.17, 15) is 14.6 Å². The van der Waals surface area contributed by atoms with Gasteiger partial charge in [0.05, 0.1) is 18.8 Å². The lowest BCUT2D eigenvalue weighted by atomic mass is 10.1. The molecule has 1 rings (SSSR count). The van der Waals surface area contributed by atoms with Crippen molar-refractivity contribution in [1.82, 2.24) is 0 Å². The first-order chi connectivity index (χ1) is 7.95. The summed E-state index contributed by atoms with van der Waals surface area (Å²) in [5.74, 6) is -0.0469. The van der Waals surface area contributed by atoms with Gasteiger partial charge in [-0.1, -0.05) is 0 Å². The van der Waals surface area contributed by atoms with Crippen molar-refractivity contribution in [2.24, 2.45) is 0 Å². The van der Waals surface area contributed by atoms with Gasteiger partial charge in [-0.15, -0.1) is 11.8 Å². The summed E-state index contributed by atoms with van der Waals surface area (Å²) in [5, 5.41) is 27.5. The summed E-state index contributed by atoms with van der Waals surface area (Å²) in [5.41, 5.74) is 0.999. The van der Waals surface area contributed by atoms with Crippen molar-refractivity contribution in [2.45, 2.75) is 31.0 Å². The first-order valence-corrected chi connectivity index (χ1v) is 6.34. The van der Waals surface area contributed by atoms with Crippen LogP contribution in [-0.2, 0) is 0 Å². The number of aliphatic hydroxyl groups excluding tert-OH is 3. The molecule has 0 bridgehead atoms. The number of thioether (sulfide) groups is 1. The molecule has 96 valence electrons. The van der Waals surface area contributed by atoms with Crippen molar-refractivity contribution in [1.29, 1.82) is 0 Å². The zero-order chi connectivity index (χ0) is 13.0. The Labute approximate surface area is 104 Å². The zero-order valence-electron chi connectivity index (χ0n) is 9.85. The van der Waals surface area contributed by atoms with Gasteiger partial charge in [0.2, 0.25) is 0 Å². The molecule has 0 aliphatic heterocycles. The third-order valence-electron chi connectivity index (χ3n) is 2.38. The molecule has 0 aromatic heterocycles. The van der Waals surface area contributed by atoms with Crippen molar-refractivity contribution in [2.75, 3.05) is 12.4 Å². The summed E-state index contributed by atoms with van der Waals surface area (Å²) < 4.78 is 13.4. The molecule has 1 aromatic carbocycles. The highest BCUT2D eigenvalue weighted by atomic mass is 32.2. The fraction of sp³-hybridized carbons (Fsp3) is 0.500. The Hall–Kier alpha value is -0.620. The second-order valence-corrected chi connectivity index (χ2v) is 5.02. The first-order valence-electron chi connectivity index (χ1n) is 5.35. The van der Waals surface area contributed by atoms with Gasteiger partial charge in [0.1, 0.15) is 5.82 Å². The standard InChI is InChI=1S/C12H17FO3S/c1-7-3-12(17-6-9(16)5-14)10(8(2)15)4-11(7)13/h3-4,8-9,14-16H,5-6H2,1-2H3/t8-,9?/m1/s1. The molecule has 0 radical (unpaired) electrons. The molecule has 0 saturated heterocycles. The van der Waals surface area contributed by atoms with Crippen LogP contribution in [0.3, 0.4) is 0 Å². The normalized spacial score (nSPS) is 14.7. The van der Waals surface area contributed by atoms with Crippen LogP contribution in [-0.4, -0.2) is 33.8 Å².